The van der Waals surface area contributed by atoms with E-state index in [1.165, 1.54) is 11.1 Å². The Morgan fingerprint density at radius 2 is 1.90 bits per heavy atom. The van der Waals surface area contributed by atoms with Gasteiger partial charge >= 0.3 is 0 Å². The van der Waals surface area contributed by atoms with Crippen LogP contribution in [0.5, 0.6) is 5.75 Å². The molecular formula is C17H25N3O. The Morgan fingerprint density at radius 3 is 2.52 bits per heavy atom. The zero-order chi connectivity index (χ0) is 15.1. The molecule has 0 radical (unpaired) electrons. The van der Waals surface area contributed by atoms with E-state index in [2.05, 4.69) is 59.8 Å². The van der Waals surface area contributed by atoms with Gasteiger partial charge in [0.25, 0.3) is 0 Å². The van der Waals surface area contributed by atoms with E-state index in [4.69, 9.17) is 4.74 Å². The fourth-order valence-electron chi connectivity index (χ4n) is 2.47. The lowest BCUT2D eigenvalue weighted by Gasteiger charge is -2.17. The van der Waals surface area contributed by atoms with Gasteiger partial charge in [-0.15, -0.1) is 0 Å². The number of benzene rings is 1. The summed E-state index contributed by atoms with van der Waals surface area (Å²) < 4.78 is 5.87. The summed E-state index contributed by atoms with van der Waals surface area (Å²) in [5, 5.41) is 6.70. The molecule has 0 saturated heterocycles. The quantitative estimate of drug-likeness (QED) is 0.379. The molecule has 0 saturated carbocycles. The number of aliphatic imine (C=N–C) groups is 1. The second kappa shape index (κ2) is 7.72. The van der Waals surface area contributed by atoms with E-state index in [-0.39, 0.29) is 0 Å². The van der Waals surface area contributed by atoms with Gasteiger partial charge in [0.2, 0.25) is 0 Å². The minimum Gasteiger partial charge on any atom is -0.491 e. The van der Waals surface area contributed by atoms with Crippen LogP contribution in [-0.2, 0) is 0 Å². The first-order valence-corrected chi connectivity index (χ1v) is 7.52. The van der Waals surface area contributed by atoms with Crippen molar-refractivity contribution in [1.82, 2.24) is 10.6 Å². The lowest BCUT2D eigenvalue weighted by Crippen LogP contribution is -2.43. The molecule has 21 heavy (non-hydrogen) atoms. The molecule has 1 aliphatic rings. The number of nitrogens with zero attached hydrogens (tertiary/aromatic N) is 1. The Bertz CT molecular complexity index is 495. The number of hydrogen-bond acceptors (Lipinski definition) is 2. The molecule has 0 aliphatic heterocycles. The smallest absolute Gasteiger partial charge is 0.191 e. The fraction of sp³-hybridized carbons (Fsp3) is 0.471. The van der Waals surface area contributed by atoms with Gasteiger partial charge in [0, 0.05) is 13.1 Å². The molecule has 0 fully saturated rings. The number of rotatable bonds is 5. The number of hydrogen-bond donors (Lipinski definition) is 2. The first kappa shape index (κ1) is 15.4. The highest BCUT2D eigenvalue weighted by Crippen LogP contribution is 2.21. The average molecular weight is 287 g/mol. The summed E-state index contributed by atoms with van der Waals surface area (Å²) in [7, 11) is 1.80. The summed E-state index contributed by atoms with van der Waals surface area (Å²) in [6, 6.07) is 6.67. The van der Waals surface area contributed by atoms with Gasteiger partial charge < -0.3 is 15.4 Å². The molecule has 4 nitrogen and oxygen atoms in total. The molecule has 0 amide bonds. The topological polar surface area (TPSA) is 45.7 Å². The van der Waals surface area contributed by atoms with Crippen LogP contribution in [0.3, 0.4) is 0 Å². The third-order valence-corrected chi connectivity index (χ3v) is 3.62. The van der Waals surface area contributed by atoms with E-state index in [0.29, 0.717) is 12.6 Å². The highest BCUT2D eigenvalue weighted by Gasteiger charge is 2.11. The van der Waals surface area contributed by atoms with Crippen molar-refractivity contribution >= 4 is 5.96 Å². The van der Waals surface area contributed by atoms with Crippen LogP contribution < -0.4 is 15.4 Å². The maximum absolute atomic E-state index is 5.87. The zero-order valence-corrected chi connectivity index (χ0v) is 13.1. The number of ether oxygens (including phenoxy) is 1. The lowest BCUT2D eigenvalue weighted by atomic mass is 10.1. The average Bonchev–Trinajstić information content (AvgIpc) is 2.97. The highest BCUT2D eigenvalue weighted by molar-refractivity contribution is 5.80. The van der Waals surface area contributed by atoms with Gasteiger partial charge in [0.1, 0.15) is 12.4 Å². The number of guanidine groups is 1. The molecular weight excluding hydrogens is 262 g/mol. The Kier molecular flexibility index (Phi) is 5.67. The lowest BCUT2D eigenvalue weighted by molar-refractivity contribution is 0.317. The van der Waals surface area contributed by atoms with Gasteiger partial charge in [-0.05, 0) is 37.8 Å². The van der Waals surface area contributed by atoms with E-state index in [9.17, 15) is 0 Å². The second-order valence-electron chi connectivity index (χ2n) is 5.35. The van der Waals surface area contributed by atoms with Crippen LogP contribution >= 0.6 is 0 Å². The monoisotopic (exact) mass is 287 g/mol. The van der Waals surface area contributed by atoms with Crippen molar-refractivity contribution in [1.29, 1.82) is 0 Å². The minimum atomic E-state index is 0.468. The predicted octanol–water partition coefficient (Wildman–Crippen LogP) is 2.57. The predicted molar refractivity (Wildman–Crippen MR) is 88.1 cm³/mol. The van der Waals surface area contributed by atoms with Crippen molar-refractivity contribution in [2.45, 2.75) is 32.7 Å². The molecule has 2 rings (SSSR count). The Hall–Kier alpha value is -1.97. The third-order valence-electron chi connectivity index (χ3n) is 3.62. The van der Waals surface area contributed by atoms with Gasteiger partial charge in [-0.3, -0.25) is 4.99 Å². The fourth-order valence-corrected chi connectivity index (χ4v) is 2.47. The van der Waals surface area contributed by atoms with Gasteiger partial charge in [-0.1, -0.05) is 30.4 Å². The van der Waals surface area contributed by atoms with E-state index in [1.54, 1.807) is 7.05 Å². The molecule has 1 aliphatic carbocycles. The molecule has 4 heteroatoms. The Balaban J connectivity index is 1.73. The SMILES string of the molecule is CN=C(NCCOc1c(C)cccc1C)NC1CC=CC1. The highest BCUT2D eigenvalue weighted by atomic mass is 16.5. The summed E-state index contributed by atoms with van der Waals surface area (Å²) in [5.74, 6) is 1.83. The van der Waals surface area contributed by atoms with E-state index >= 15 is 0 Å². The summed E-state index contributed by atoms with van der Waals surface area (Å²) in [6.45, 7) is 5.50. The van der Waals surface area contributed by atoms with Gasteiger partial charge in [0.05, 0.1) is 6.54 Å². The van der Waals surface area contributed by atoms with E-state index in [0.717, 1.165) is 31.1 Å². The number of aryl methyl sites for hydroxylation is 2. The maximum atomic E-state index is 5.87. The zero-order valence-electron chi connectivity index (χ0n) is 13.1. The number of nitrogens with one attached hydrogen (secondary N) is 2. The van der Waals surface area contributed by atoms with E-state index < -0.39 is 0 Å². The second-order valence-corrected chi connectivity index (χ2v) is 5.35. The normalized spacial score (nSPS) is 15.3. The van der Waals surface area contributed by atoms with Gasteiger partial charge in [0.15, 0.2) is 5.96 Å². The van der Waals surface area contributed by atoms with Crippen molar-refractivity contribution in [3.05, 3.63) is 41.5 Å². The van der Waals surface area contributed by atoms with E-state index in [1.807, 2.05) is 0 Å². The molecule has 114 valence electrons. The van der Waals surface area contributed by atoms with Crippen LogP contribution in [0.25, 0.3) is 0 Å². The van der Waals surface area contributed by atoms with Gasteiger partial charge in [-0.25, -0.2) is 0 Å². The summed E-state index contributed by atoms with van der Waals surface area (Å²) in [4.78, 5) is 4.24. The van der Waals surface area contributed by atoms with Crippen LogP contribution in [0.1, 0.15) is 24.0 Å². The van der Waals surface area contributed by atoms with Crippen LogP contribution in [0, 0.1) is 13.8 Å². The van der Waals surface area contributed by atoms with Crippen molar-refractivity contribution in [2.75, 3.05) is 20.2 Å². The van der Waals surface area contributed by atoms with Crippen molar-refractivity contribution < 1.29 is 4.74 Å². The van der Waals surface area contributed by atoms with Crippen molar-refractivity contribution in [2.24, 2.45) is 4.99 Å². The van der Waals surface area contributed by atoms with Crippen LogP contribution in [0.4, 0.5) is 0 Å². The largest absolute Gasteiger partial charge is 0.491 e. The molecule has 1 aromatic carbocycles. The first-order chi connectivity index (χ1) is 10.2. The van der Waals surface area contributed by atoms with Crippen LogP contribution in [0.15, 0.2) is 35.3 Å². The summed E-state index contributed by atoms with van der Waals surface area (Å²) >= 11 is 0. The summed E-state index contributed by atoms with van der Waals surface area (Å²) in [6.07, 6.45) is 6.54. The van der Waals surface area contributed by atoms with Crippen LogP contribution in [-0.4, -0.2) is 32.2 Å². The first-order valence-electron chi connectivity index (χ1n) is 7.52. The van der Waals surface area contributed by atoms with Gasteiger partial charge in [-0.2, -0.15) is 0 Å². The number of para-hydroxylation sites is 1. The molecule has 0 atom stereocenters. The third kappa shape index (κ3) is 4.52. The Morgan fingerprint density at radius 1 is 1.24 bits per heavy atom. The Labute approximate surface area is 127 Å². The standard InChI is InChI=1S/C17H25N3O/c1-13-7-6-8-14(2)16(13)21-12-11-19-17(18-3)20-15-9-4-5-10-15/h4-8,15H,9-12H2,1-3H3,(H2,18,19,20). The molecule has 0 bridgehead atoms. The molecule has 0 unspecified atom stereocenters. The minimum absolute atomic E-state index is 0.468. The summed E-state index contributed by atoms with van der Waals surface area (Å²) in [5.41, 5.74) is 2.35. The molecule has 1 aromatic rings. The van der Waals surface area contributed by atoms with Crippen LogP contribution in [0.2, 0.25) is 0 Å². The molecule has 0 spiro atoms. The molecule has 2 N–H and O–H groups in total. The maximum Gasteiger partial charge on any atom is 0.191 e. The molecule has 0 heterocycles. The molecule has 0 aromatic heterocycles. The van der Waals surface area contributed by atoms with Crippen molar-refractivity contribution in [3.63, 3.8) is 0 Å². The van der Waals surface area contributed by atoms with Crippen molar-refractivity contribution in [3.8, 4) is 5.75 Å².